The quantitative estimate of drug-likeness (QED) is 0.822. The first-order valence-electron chi connectivity index (χ1n) is 7.02. The predicted molar refractivity (Wildman–Crippen MR) is 72.5 cm³/mol. The van der Waals surface area contributed by atoms with E-state index in [4.69, 9.17) is 0 Å². The van der Waals surface area contributed by atoms with Crippen LogP contribution in [0.15, 0.2) is 18.2 Å². The van der Waals surface area contributed by atoms with Gasteiger partial charge in [-0.3, -0.25) is 0 Å². The van der Waals surface area contributed by atoms with Crippen LogP contribution in [0, 0.1) is 12.7 Å². The fourth-order valence-electron chi connectivity index (χ4n) is 3.47. The van der Waals surface area contributed by atoms with E-state index in [2.05, 4.69) is 16.3 Å². The van der Waals surface area contributed by atoms with Gasteiger partial charge in [-0.1, -0.05) is 18.9 Å². The Bertz CT molecular complexity index is 431. The molecule has 0 unspecified atom stereocenters. The molecule has 1 aromatic carbocycles. The van der Waals surface area contributed by atoms with Gasteiger partial charge in [-0.25, -0.2) is 4.39 Å². The summed E-state index contributed by atoms with van der Waals surface area (Å²) in [6.45, 7) is 3.90. The maximum Gasteiger partial charge on any atom is 0.128 e. The van der Waals surface area contributed by atoms with Crippen LogP contribution in [-0.2, 0) is 0 Å². The Hall–Kier alpha value is -1.09. The second-order valence-electron chi connectivity index (χ2n) is 5.49. The zero-order valence-electron chi connectivity index (χ0n) is 11.0. The lowest BCUT2D eigenvalue weighted by molar-refractivity contribution is 0.284. The van der Waals surface area contributed by atoms with Crippen molar-refractivity contribution in [2.75, 3.05) is 18.0 Å². The van der Waals surface area contributed by atoms with E-state index in [0.29, 0.717) is 12.1 Å². The SMILES string of the molecule is Cc1c(F)cccc1N1CCN[C@@H]2CCCC[C@@H]21. The fourth-order valence-corrected chi connectivity index (χ4v) is 3.47. The van der Waals surface area contributed by atoms with Gasteiger partial charge in [0, 0.05) is 36.4 Å². The number of hydrogen-bond donors (Lipinski definition) is 1. The van der Waals surface area contributed by atoms with Gasteiger partial charge in [0.1, 0.15) is 5.82 Å². The highest BCUT2D eigenvalue weighted by atomic mass is 19.1. The molecular weight excluding hydrogens is 227 g/mol. The van der Waals surface area contributed by atoms with Gasteiger partial charge < -0.3 is 10.2 Å². The average Bonchev–Trinajstić information content (AvgIpc) is 2.41. The minimum atomic E-state index is -0.0848. The number of nitrogens with one attached hydrogen (secondary N) is 1. The first-order valence-corrected chi connectivity index (χ1v) is 7.02. The summed E-state index contributed by atoms with van der Waals surface area (Å²) in [6, 6.07) is 6.59. The Kier molecular flexibility index (Phi) is 3.25. The Labute approximate surface area is 108 Å². The zero-order valence-corrected chi connectivity index (χ0v) is 11.0. The fraction of sp³-hybridized carbons (Fsp3) is 0.600. The first kappa shape index (κ1) is 12.0. The van der Waals surface area contributed by atoms with Crippen LogP contribution >= 0.6 is 0 Å². The minimum Gasteiger partial charge on any atom is -0.365 e. The Morgan fingerprint density at radius 1 is 1.28 bits per heavy atom. The molecular formula is C15H21FN2. The second-order valence-corrected chi connectivity index (χ2v) is 5.49. The number of rotatable bonds is 1. The van der Waals surface area contributed by atoms with Crippen molar-refractivity contribution in [2.45, 2.75) is 44.7 Å². The smallest absolute Gasteiger partial charge is 0.128 e. The molecule has 1 aliphatic carbocycles. The van der Waals surface area contributed by atoms with Crippen molar-refractivity contribution in [1.29, 1.82) is 0 Å². The normalized spacial score (nSPS) is 28.0. The van der Waals surface area contributed by atoms with Crippen molar-refractivity contribution < 1.29 is 4.39 Å². The predicted octanol–water partition coefficient (Wildman–Crippen LogP) is 2.85. The molecule has 98 valence electrons. The van der Waals surface area contributed by atoms with Gasteiger partial charge in [0.05, 0.1) is 0 Å². The molecule has 1 N–H and O–H groups in total. The maximum absolute atomic E-state index is 13.7. The summed E-state index contributed by atoms with van der Waals surface area (Å²) >= 11 is 0. The third kappa shape index (κ3) is 2.01. The minimum absolute atomic E-state index is 0.0848. The molecule has 0 amide bonds. The molecule has 1 saturated carbocycles. The standard InChI is InChI=1S/C15H21FN2/c1-11-12(16)5-4-8-14(11)18-10-9-17-13-6-2-3-7-15(13)18/h4-5,8,13,15,17H,2-3,6-7,9-10H2,1H3/t13-,15+/m1/s1. The van der Waals surface area contributed by atoms with Gasteiger partial charge >= 0.3 is 0 Å². The van der Waals surface area contributed by atoms with Crippen molar-refractivity contribution in [3.05, 3.63) is 29.6 Å². The molecule has 1 aromatic rings. The summed E-state index contributed by atoms with van der Waals surface area (Å²) in [7, 11) is 0. The third-order valence-corrected chi connectivity index (χ3v) is 4.44. The number of piperazine rings is 1. The molecule has 1 heterocycles. The largest absolute Gasteiger partial charge is 0.365 e. The molecule has 0 bridgehead atoms. The molecule has 3 rings (SSSR count). The van der Waals surface area contributed by atoms with Crippen molar-refractivity contribution in [2.24, 2.45) is 0 Å². The van der Waals surface area contributed by atoms with E-state index >= 15 is 0 Å². The lowest BCUT2D eigenvalue weighted by atomic mass is 9.87. The lowest BCUT2D eigenvalue weighted by Crippen LogP contribution is -2.59. The Balaban J connectivity index is 1.92. The van der Waals surface area contributed by atoms with Gasteiger partial charge in [-0.05, 0) is 31.9 Å². The summed E-state index contributed by atoms with van der Waals surface area (Å²) in [5.41, 5.74) is 1.89. The summed E-state index contributed by atoms with van der Waals surface area (Å²) in [5.74, 6) is -0.0848. The molecule has 2 aliphatic rings. The van der Waals surface area contributed by atoms with Gasteiger partial charge in [-0.2, -0.15) is 0 Å². The highest BCUT2D eigenvalue weighted by Gasteiger charge is 2.33. The monoisotopic (exact) mass is 248 g/mol. The molecule has 2 atom stereocenters. The van der Waals surface area contributed by atoms with Crippen LogP contribution in [0.25, 0.3) is 0 Å². The van der Waals surface area contributed by atoms with E-state index in [1.165, 1.54) is 25.7 Å². The zero-order chi connectivity index (χ0) is 12.5. The first-order chi connectivity index (χ1) is 8.77. The van der Waals surface area contributed by atoms with E-state index in [-0.39, 0.29) is 5.82 Å². The van der Waals surface area contributed by atoms with Crippen molar-refractivity contribution >= 4 is 5.69 Å². The Morgan fingerprint density at radius 3 is 3.00 bits per heavy atom. The molecule has 18 heavy (non-hydrogen) atoms. The van der Waals surface area contributed by atoms with Gasteiger partial charge in [0.2, 0.25) is 0 Å². The number of halogens is 1. The van der Waals surface area contributed by atoms with E-state index < -0.39 is 0 Å². The van der Waals surface area contributed by atoms with Crippen LogP contribution in [0.5, 0.6) is 0 Å². The highest BCUT2D eigenvalue weighted by molar-refractivity contribution is 5.55. The van der Waals surface area contributed by atoms with Crippen LogP contribution in [-0.4, -0.2) is 25.2 Å². The molecule has 0 aromatic heterocycles. The molecule has 3 heteroatoms. The molecule has 2 fully saturated rings. The van der Waals surface area contributed by atoms with E-state index in [1.807, 2.05) is 13.0 Å². The molecule has 0 radical (unpaired) electrons. The Morgan fingerprint density at radius 2 is 2.11 bits per heavy atom. The molecule has 1 saturated heterocycles. The number of benzene rings is 1. The summed E-state index contributed by atoms with van der Waals surface area (Å²) in [4.78, 5) is 2.43. The molecule has 2 nitrogen and oxygen atoms in total. The molecule has 0 spiro atoms. The number of anilines is 1. The van der Waals surface area contributed by atoms with Crippen LogP contribution in [0.2, 0.25) is 0 Å². The van der Waals surface area contributed by atoms with Gasteiger partial charge in [-0.15, -0.1) is 0 Å². The van der Waals surface area contributed by atoms with Crippen LogP contribution in [0.4, 0.5) is 10.1 Å². The number of nitrogens with zero attached hydrogens (tertiary/aromatic N) is 1. The highest BCUT2D eigenvalue weighted by Crippen LogP contribution is 2.32. The van der Waals surface area contributed by atoms with Crippen molar-refractivity contribution in [3.8, 4) is 0 Å². The average molecular weight is 248 g/mol. The van der Waals surface area contributed by atoms with Crippen LogP contribution in [0.3, 0.4) is 0 Å². The van der Waals surface area contributed by atoms with Crippen LogP contribution in [0.1, 0.15) is 31.2 Å². The van der Waals surface area contributed by atoms with E-state index in [9.17, 15) is 4.39 Å². The lowest BCUT2D eigenvalue weighted by Gasteiger charge is -2.46. The summed E-state index contributed by atoms with van der Waals surface area (Å²) in [5, 5.41) is 3.62. The molecule has 1 aliphatic heterocycles. The number of fused-ring (bicyclic) bond motifs is 1. The third-order valence-electron chi connectivity index (χ3n) is 4.44. The number of hydrogen-bond acceptors (Lipinski definition) is 2. The van der Waals surface area contributed by atoms with Gasteiger partial charge in [0.25, 0.3) is 0 Å². The van der Waals surface area contributed by atoms with Crippen molar-refractivity contribution in [1.82, 2.24) is 5.32 Å². The topological polar surface area (TPSA) is 15.3 Å². The van der Waals surface area contributed by atoms with Gasteiger partial charge in [0.15, 0.2) is 0 Å². The summed E-state index contributed by atoms with van der Waals surface area (Å²) < 4.78 is 13.7. The summed E-state index contributed by atoms with van der Waals surface area (Å²) in [6.07, 6.45) is 5.11. The van der Waals surface area contributed by atoms with E-state index in [0.717, 1.165) is 24.3 Å². The second kappa shape index (κ2) is 4.88. The van der Waals surface area contributed by atoms with Crippen molar-refractivity contribution in [3.63, 3.8) is 0 Å². The van der Waals surface area contributed by atoms with E-state index in [1.54, 1.807) is 6.07 Å². The van der Waals surface area contributed by atoms with Crippen LogP contribution < -0.4 is 10.2 Å². The maximum atomic E-state index is 13.7.